The molecule has 0 radical (unpaired) electrons. The summed E-state index contributed by atoms with van der Waals surface area (Å²) in [7, 11) is 0. The van der Waals surface area contributed by atoms with Gasteiger partial charge in [0, 0.05) is 26.6 Å². The number of carbonyl (C=O) groups is 2. The number of urea groups is 1. The Balaban J connectivity index is 1.68. The smallest absolute Gasteiger partial charge is 0.325 e. The van der Waals surface area contributed by atoms with Gasteiger partial charge in [-0.1, -0.05) is 30.3 Å². The molecular weight excluding hydrogens is 292 g/mol. The van der Waals surface area contributed by atoms with E-state index in [1.165, 1.54) is 6.92 Å². The Labute approximate surface area is 134 Å². The van der Waals surface area contributed by atoms with Crippen molar-refractivity contribution in [1.29, 1.82) is 0 Å². The molecule has 118 valence electrons. The molecule has 1 aliphatic rings. The van der Waals surface area contributed by atoms with Gasteiger partial charge in [-0.3, -0.25) is 9.69 Å². The average molecular weight is 310 g/mol. The van der Waals surface area contributed by atoms with E-state index in [-0.39, 0.29) is 11.9 Å². The highest BCUT2D eigenvalue weighted by molar-refractivity contribution is 5.93. The third-order valence-electron chi connectivity index (χ3n) is 3.66. The number of carbonyl (C=O) groups excluding carboxylic acids is 2. The zero-order valence-corrected chi connectivity index (χ0v) is 12.9. The van der Waals surface area contributed by atoms with E-state index >= 15 is 0 Å². The normalized spacial score (nSPS) is 14.2. The first-order chi connectivity index (χ1) is 11.1. The van der Waals surface area contributed by atoms with Gasteiger partial charge in [0.05, 0.1) is 11.9 Å². The second kappa shape index (κ2) is 6.48. The maximum atomic E-state index is 12.5. The number of amides is 3. The fraction of sp³-hybridized carbons (Fsp3) is 0.235. The molecule has 1 saturated heterocycles. The van der Waals surface area contributed by atoms with Crippen LogP contribution in [0.25, 0.3) is 0 Å². The molecule has 2 heterocycles. The third-order valence-corrected chi connectivity index (χ3v) is 3.66. The van der Waals surface area contributed by atoms with Crippen LogP contribution < -0.4 is 10.2 Å². The van der Waals surface area contributed by atoms with E-state index in [4.69, 9.17) is 0 Å². The summed E-state index contributed by atoms with van der Waals surface area (Å²) in [5.41, 5.74) is 1.73. The number of pyridine rings is 1. The van der Waals surface area contributed by atoms with Crippen LogP contribution in [0.1, 0.15) is 12.5 Å². The van der Waals surface area contributed by atoms with Gasteiger partial charge in [0.25, 0.3) is 0 Å². The highest BCUT2D eigenvalue weighted by Gasteiger charge is 2.30. The van der Waals surface area contributed by atoms with Crippen LogP contribution in [0.5, 0.6) is 0 Å². The zero-order valence-electron chi connectivity index (χ0n) is 12.9. The molecule has 0 saturated carbocycles. The SMILES string of the molecule is CC(=O)Nc1ccc(N2CCN(Cc3ccccc3)C2=O)nc1. The highest BCUT2D eigenvalue weighted by Crippen LogP contribution is 2.21. The van der Waals surface area contributed by atoms with Gasteiger partial charge in [-0.2, -0.15) is 0 Å². The fourth-order valence-electron chi connectivity index (χ4n) is 2.57. The fourth-order valence-corrected chi connectivity index (χ4v) is 2.57. The molecule has 0 bridgehead atoms. The van der Waals surface area contributed by atoms with E-state index in [9.17, 15) is 9.59 Å². The molecular formula is C17H18N4O2. The molecule has 1 N–H and O–H groups in total. The summed E-state index contributed by atoms with van der Waals surface area (Å²) in [6.07, 6.45) is 1.56. The third kappa shape index (κ3) is 3.48. The van der Waals surface area contributed by atoms with Crippen LogP contribution in [0.15, 0.2) is 48.7 Å². The number of aromatic nitrogens is 1. The van der Waals surface area contributed by atoms with Crippen LogP contribution in [0.3, 0.4) is 0 Å². The van der Waals surface area contributed by atoms with Crippen molar-refractivity contribution in [2.24, 2.45) is 0 Å². The zero-order chi connectivity index (χ0) is 16.2. The Morgan fingerprint density at radius 3 is 2.61 bits per heavy atom. The minimum absolute atomic E-state index is 0.0476. The lowest BCUT2D eigenvalue weighted by Gasteiger charge is -2.18. The molecule has 6 heteroatoms. The minimum Gasteiger partial charge on any atom is -0.325 e. The summed E-state index contributed by atoms with van der Waals surface area (Å²) < 4.78 is 0. The number of anilines is 2. The molecule has 23 heavy (non-hydrogen) atoms. The predicted molar refractivity (Wildman–Crippen MR) is 88.1 cm³/mol. The summed E-state index contributed by atoms with van der Waals surface area (Å²) in [5.74, 6) is 0.450. The van der Waals surface area contributed by atoms with Crippen molar-refractivity contribution in [1.82, 2.24) is 9.88 Å². The van der Waals surface area contributed by atoms with Crippen molar-refractivity contribution in [2.45, 2.75) is 13.5 Å². The van der Waals surface area contributed by atoms with Crippen LogP contribution in [0.4, 0.5) is 16.3 Å². The minimum atomic E-state index is -0.147. The Hall–Kier alpha value is -2.89. The van der Waals surface area contributed by atoms with Crippen molar-refractivity contribution in [2.75, 3.05) is 23.3 Å². The quantitative estimate of drug-likeness (QED) is 0.943. The largest absolute Gasteiger partial charge is 0.326 e. The Morgan fingerprint density at radius 1 is 1.17 bits per heavy atom. The number of hydrogen-bond donors (Lipinski definition) is 1. The van der Waals surface area contributed by atoms with Crippen molar-refractivity contribution in [3.8, 4) is 0 Å². The lowest BCUT2D eigenvalue weighted by Crippen LogP contribution is -2.31. The predicted octanol–water partition coefficient (Wildman–Crippen LogP) is 2.48. The molecule has 1 aliphatic heterocycles. The lowest BCUT2D eigenvalue weighted by atomic mass is 10.2. The topological polar surface area (TPSA) is 65.5 Å². The van der Waals surface area contributed by atoms with E-state index in [1.54, 1.807) is 28.1 Å². The molecule has 1 aromatic heterocycles. The van der Waals surface area contributed by atoms with Gasteiger partial charge < -0.3 is 10.2 Å². The molecule has 0 atom stereocenters. The van der Waals surface area contributed by atoms with Crippen molar-refractivity contribution >= 4 is 23.4 Å². The second-order valence-corrected chi connectivity index (χ2v) is 5.43. The molecule has 6 nitrogen and oxygen atoms in total. The molecule has 3 amide bonds. The van der Waals surface area contributed by atoms with E-state index in [0.717, 1.165) is 5.56 Å². The highest BCUT2D eigenvalue weighted by atomic mass is 16.2. The number of benzene rings is 1. The van der Waals surface area contributed by atoms with Crippen LogP contribution in [0, 0.1) is 0 Å². The second-order valence-electron chi connectivity index (χ2n) is 5.43. The van der Waals surface area contributed by atoms with Crippen LogP contribution in [0.2, 0.25) is 0 Å². The van der Waals surface area contributed by atoms with E-state index in [0.29, 0.717) is 31.1 Å². The summed E-state index contributed by atoms with van der Waals surface area (Å²) in [6, 6.07) is 13.4. The molecule has 3 rings (SSSR count). The first-order valence-corrected chi connectivity index (χ1v) is 7.47. The summed E-state index contributed by atoms with van der Waals surface area (Å²) >= 11 is 0. The van der Waals surface area contributed by atoms with E-state index in [1.807, 2.05) is 30.3 Å². The summed E-state index contributed by atoms with van der Waals surface area (Å²) in [4.78, 5) is 31.3. The number of nitrogens with one attached hydrogen (secondary N) is 1. The molecule has 0 spiro atoms. The van der Waals surface area contributed by atoms with Crippen LogP contribution in [-0.2, 0) is 11.3 Å². The maximum Gasteiger partial charge on any atom is 0.326 e. The van der Waals surface area contributed by atoms with Crippen molar-refractivity contribution < 1.29 is 9.59 Å². The van der Waals surface area contributed by atoms with E-state index < -0.39 is 0 Å². The first kappa shape index (κ1) is 15.0. The Morgan fingerprint density at radius 2 is 1.96 bits per heavy atom. The molecule has 2 aromatic rings. The van der Waals surface area contributed by atoms with Gasteiger partial charge in [-0.25, -0.2) is 9.78 Å². The Bertz CT molecular complexity index is 700. The van der Waals surface area contributed by atoms with Gasteiger partial charge in [0.1, 0.15) is 5.82 Å². The first-order valence-electron chi connectivity index (χ1n) is 7.47. The van der Waals surface area contributed by atoms with Crippen LogP contribution >= 0.6 is 0 Å². The lowest BCUT2D eigenvalue weighted by molar-refractivity contribution is -0.114. The molecule has 0 aliphatic carbocycles. The number of hydrogen-bond acceptors (Lipinski definition) is 3. The van der Waals surface area contributed by atoms with E-state index in [2.05, 4.69) is 10.3 Å². The Kier molecular flexibility index (Phi) is 4.23. The standard InChI is InChI=1S/C17H18N4O2/c1-13(22)19-15-7-8-16(18-11-15)21-10-9-20(17(21)23)12-14-5-3-2-4-6-14/h2-8,11H,9-10,12H2,1H3,(H,19,22). The average Bonchev–Trinajstić information content (AvgIpc) is 2.90. The van der Waals surface area contributed by atoms with Crippen LogP contribution in [-0.4, -0.2) is 34.9 Å². The maximum absolute atomic E-state index is 12.5. The number of rotatable bonds is 4. The molecule has 1 aromatic carbocycles. The van der Waals surface area contributed by atoms with Gasteiger partial charge in [-0.05, 0) is 17.7 Å². The number of nitrogens with zero attached hydrogens (tertiary/aromatic N) is 3. The monoisotopic (exact) mass is 310 g/mol. The van der Waals surface area contributed by atoms with Gasteiger partial charge in [0.2, 0.25) is 5.91 Å². The summed E-state index contributed by atoms with van der Waals surface area (Å²) in [5, 5.41) is 2.66. The van der Waals surface area contributed by atoms with Crippen molar-refractivity contribution in [3.63, 3.8) is 0 Å². The summed E-state index contributed by atoms with van der Waals surface area (Å²) in [6.45, 7) is 3.32. The molecule has 1 fully saturated rings. The van der Waals surface area contributed by atoms with Gasteiger partial charge >= 0.3 is 6.03 Å². The van der Waals surface area contributed by atoms with Gasteiger partial charge in [-0.15, -0.1) is 0 Å². The van der Waals surface area contributed by atoms with Gasteiger partial charge in [0.15, 0.2) is 0 Å². The molecule has 0 unspecified atom stereocenters. The van der Waals surface area contributed by atoms with Crippen molar-refractivity contribution in [3.05, 3.63) is 54.2 Å².